The van der Waals surface area contributed by atoms with Crippen LogP contribution >= 0.6 is 11.6 Å². The summed E-state index contributed by atoms with van der Waals surface area (Å²) in [6.45, 7) is 10.3. The highest BCUT2D eigenvalue weighted by Gasteiger charge is 2.40. The third-order valence-electron chi connectivity index (χ3n) is 5.44. The molecule has 6 heteroatoms. The first-order chi connectivity index (χ1) is 12.3. The normalized spacial score (nSPS) is 20.5. The molecule has 0 spiro atoms. The van der Waals surface area contributed by atoms with Gasteiger partial charge in [0.25, 0.3) is 0 Å². The topological polar surface area (TPSA) is 63.3 Å². The Labute approximate surface area is 160 Å². The summed E-state index contributed by atoms with van der Waals surface area (Å²) in [7, 11) is 0. The maximum atomic E-state index is 8.74. The van der Waals surface area contributed by atoms with Gasteiger partial charge in [-0.05, 0) is 38.0 Å². The van der Waals surface area contributed by atoms with Crippen LogP contribution in [0.25, 0.3) is 0 Å². The van der Waals surface area contributed by atoms with E-state index in [0.717, 1.165) is 28.9 Å². The van der Waals surface area contributed by atoms with Gasteiger partial charge in [0, 0.05) is 21.8 Å². The van der Waals surface area contributed by atoms with E-state index in [1.165, 1.54) is 11.0 Å². The van der Waals surface area contributed by atoms with Crippen molar-refractivity contribution >= 4 is 35.7 Å². The Morgan fingerprint density at radius 2 is 1.88 bits per heavy atom. The molecule has 0 radical (unpaired) electrons. The van der Waals surface area contributed by atoms with Crippen molar-refractivity contribution in [2.45, 2.75) is 47.0 Å². The average molecular weight is 367 g/mol. The molecule has 0 saturated carbocycles. The number of hydrogen-bond donors (Lipinski definition) is 2. The molecule has 0 aliphatic carbocycles. The fraction of sp³-hybridized carbons (Fsp3) is 0.350. The van der Waals surface area contributed by atoms with Crippen molar-refractivity contribution in [3.05, 3.63) is 57.1 Å². The largest absolute Gasteiger partial charge is 0.297 e. The van der Waals surface area contributed by atoms with Gasteiger partial charge in [0.2, 0.25) is 6.71 Å². The van der Waals surface area contributed by atoms with Gasteiger partial charge in [-0.15, -0.1) is 0 Å². The van der Waals surface area contributed by atoms with Crippen LogP contribution in [0.15, 0.2) is 51.5 Å². The molecule has 26 heavy (non-hydrogen) atoms. The number of aliphatic imine (C=N–C) groups is 1. The minimum absolute atomic E-state index is 0.152. The quantitative estimate of drug-likeness (QED) is 0.431. The number of amidine groups is 2. The molecule has 0 aromatic heterocycles. The van der Waals surface area contributed by atoms with Crippen LogP contribution in [0.2, 0.25) is 11.8 Å². The minimum atomic E-state index is -0.271. The Balaban J connectivity index is 2.32. The lowest BCUT2D eigenvalue weighted by atomic mass is 9.45. The maximum Gasteiger partial charge on any atom is 0.224 e. The van der Waals surface area contributed by atoms with E-state index < -0.39 is 0 Å². The van der Waals surface area contributed by atoms with Gasteiger partial charge in [-0.2, -0.15) is 0 Å². The molecule has 3 rings (SSSR count). The van der Waals surface area contributed by atoms with Crippen molar-refractivity contribution in [1.82, 2.24) is 4.90 Å². The van der Waals surface area contributed by atoms with Gasteiger partial charge in [-0.1, -0.05) is 49.9 Å². The molecule has 2 N–H and O–H groups in total. The van der Waals surface area contributed by atoms with Crippen LogP contribution in [0.4, 0.5) is 0 Å². The molecular weight excluding hydrogens is 343 g/mol. The van der Waals surface area contributed by atoms with E-state index in [1.807, 2.05) is 31.2 Å². The van der Waals surface area contributed by atoms with Crippen molar-refractivity contribution in [2.75, 3.05) is 0 Å². The van der Waals surface area contributed by atoms with Crippen LogP contribution in [0.1, 0.15) is 39.7 Å². The SMILES string of the molecule is CC[C@@H]1N=C(c2ccc(Cl)cc2)C2=C(B(C)C(C)=C2C)N(C(C)=N)C1=N. The number of halogens is 1. The molecule has 134 valence electrons. The zero-order chi connectivity index (χ0) is 19.2. The van der Waals surface area contributed by atoms with Gasteiger partial charge >= 0.3 is 0 Å². The van der Waals surface area contributed by atoms with Crippen LogP contribution in [-0.2, 0) is 0 Å². The number of hydrogen-bond acceptors (Lipinski definition) is 3. The number of rotatable bonds is 2. The second-order valence-corrected chi connectivity index (χ2v) is 7.44. The van der Waals surface area contributed by atoms with Crippen LogP contribution in [0.5, 0.6) is 0 Å². The van der Waals surface area contributed by atoms with E-state index in [0.29, 0.717) is 16.7 Å². The van der Waals surface area contributed by atoms with Gasteiger partial charge in [0.1, 0.15) is 17.7 Å². The summed E-state index contributed by atoms with van der Waals surface area (Å²) < 4.78 is 0. The fourth-order valence-electron chi connectivity index (χ4n) is 3.77. The van der Waals surface area contributed by atoms with Crippen LogP contribution in [0, 0.1) is 10.8 Å². The molecule has 0 fully saturated rings. The lowest BCUT2D eigenvalue weighted by molar-refractivity contribution is 0.690. The fourth-order valence-corrected chi connectivity index (χ4v) is 3.90. The van der Waals surface area contributed by atoms with Crippen LogP contribution < -0.4 is 0 Å². The Hall–Kier alpha value is -2.14. The van der Waals surface area contributed by atoms with Crippen molar-refractivity contribution in [3.8, 4) is 0 Å². The summed E-state index contributed by atoms with van der Waals surface area (Å²) in [4.78, 5) is 6.78. The molecule has 1 aromatic rings. The standard InChI is InChI=1S/C20H24BClN4/c1-6-16-20(24)26(13(4)23)19-17(11(2)12(3)21(19)5)18(25-16)14-7-9-15(22)10-8-14/h7-10,16,23-24H,6H2,1-5H3/t16-/m0/s1. The predicted molar refractivity (Wildman–Crippen MR) is 112 cm³/mol. The molecule has 0 amide bonds. The molecule has 2 heterocycles. The monoisotopic (exact) mass is 366 g/mol. The summed E-state index contributed by atoms with van der Waals surface area (Å²) in [6, 6.07) is 7.45. The van der Waals surface area contributed by atoms with E-state index in [2.05, 4.69) is 20.7 Å². The second kappa shape index (κ2) is 6.88. The highest BCUT2D eigenvalue weighted by atomic mass is 35.5. The van der Waals surface area contributed by atoms with Crippen molar-refractivity contribution in [2.24, 2.45) is 4.99 Å². The molecule has 4 nitrogen and oxygen atoms in total. The minimum Gasteiger partial charge on any atom is -0.297 e. The zero-order valence-electron chi connectivity index (χ0n) is 15.9. The Bertz CT molecular complexity index is 880. The highest BCUT2D eigenvalue weighted by Crippen LogP contribution is 2.38. The van der Waals surface area contributed by atoms with Crippen molar-refractivity contribution in [1.29, 1.82) is 10.8 Å². The van der Waals surface area contributed by atoms with Crippen LogP contribution in [-0.4, -0.2) is 35.0 Å². The van der Waals surface area contributed by atoms with Gasteiger partial charge in [-0.3, -0.25) is 20.7 Å². The third-order valence-corrected chi connectivity index (χ3v) is 5.69. The van der Waals surface area contributed by atoms with E-state index in [1.54, 1.807) is 11.8 Å². The Morgan fingerprint density at radius 1 is 1.27 bits per heavy atom. The molecule has 0 bridgehead atoms. The second-order valence-electron chi connectivity index (χ2n) is 7.00. The average Bonchev–Trinajstić information content (AvgIpc) is 2.75. The predicted octanol–water partition coefficient (Wildman–Crippen LogP) is 5.00. The van der Waals surface area contributed by atoms with Crippen molar-refractivity contribution < 1.29 is 0 Å². The van der Waals surface area contributed by atoms with Gasteiger partial charge in [-0.25, -0.2) is 0 Å². The smallest absolute Gasteiger partial charge is 0.224 e. The summed E-state index contributed by atoms with van der Waals surface area (Å²) in [6.07, 6.45) is 0.719. The van der Waals surface area contributed by atoms with Gasteiger partial charge in [0.15, 0.2) is 0 Å². The summed E-state index contributed by atoms with van der Waals surface area (Å²) in [5.74, 6) is 0.744. The summed E-state index contributed by atoms with van der Waals surface area (Å²) in [5.41, 5.74) is 6.42. The lowest BCUT2D eigenvalue weighted by Crippen LogP contribution is -2.42. The lowest BCUT2D eigenvalue weighted by Gasteiger charge is -2.29. The van der Waals surface area contributed by atoms with E-state index in [9.17, 15) is 0 Å². The van der Waals surface area contributed by atoms with E-state index >= 15 is 0 Å². The van der Waals surface area contributed by atoms with Gasteiger partial charge in [0.05, 0.1) is 5.71 Å². The number of benzene rings is 1. The molecule has 1 aromatic carbocycles. The number of allylic oxidation sites excluding steroid dienone is 3. The maximum absolute atomic E-state index is 8.74. The van der Waals surface area contributed by atoms with E-state index in [4.69, 9.17) is 27.4 Å². The first-order valence-corrected chi connectivity index (χ1v) is 9.35. The first-order valence-electron chi connectivity index (χ1n) is 8.97. The Kier molecular flexibility index (Phi) is 4.93. The summed E-state index contributed by atoms with van der Waals surface area (Å²) in [5, 5.41) is 17.7. The van der Waals surface area contributed by atoms with Gasteiger partial charge < -0.3 is 0 Å². The molecule has 0 saturated heterocycles. The first kappa shape index (κ1) is 18.6. The third kappa shape index (κ3) is 2.84. The molecule has 0 unspecified atom stereocenters. The number of nitrogens with one attached hydrogen (secondary N) is 2. The zero-order valence-corrected chi connectivity index (χ0v) is 16.7. The van der Waals surface area contributed by atoms with Crippen molar-refractivity contribution in [3.63, 3.8) is 0 Å². The molecule has 2 aliphatic heterocycles. The Morgan fingerprint density at radius 3 is 2.42 bits per heavy atom. The number of nitrogens with zero attached hydrogens (tertiary/aromatic N) is 2. The molecule has 1 atom stereocenters. The van der Waals surface area contributed by atoms with Crippen LogP contribution in [0.3, 0.4) is 0 Å². The molecule has 2 aliphatic rings. The van der Waals surface area contributed by atoms with E-state index in [-0.39, 0.29) is 12.8 Å². The highest BCUT2D eigenvalue weighted by molar-refractivity contribution is 6.75. The summed E-state index contributed by atoms with van der Waals surface area (Å²) >= 11 is 6.08. The molecular formula is C20H24BClN4.